The third-order valence-corrected chi connectivity index (χ3v) is 24.1. The topological polar surface area (TPSA) is 115 Å². The summed E-state index contributed by atoms with van der Waals surface area (Å²) < 4.78 is 0. The van der Waals surface area contributed by atoms with Crippen molar-refractivity contribution in [3.8, 4) is 100 Å². The maximum absolute atomic E-state index is 5.78. The number of aromatic amines is 4. The number of fused-ring (bicyclic) bond motifs is 16. The Morgan fingerprint density at radius 2 is 0.317 bits per heavy atom. The molecule has 18 rings (SSSR count). The maximum atomic E-state index is 5.78. The van der Waals surface area contributed by atoms with Gasteiger partial charge in [0.15, 0.2) is 0 Å². The lowest BCUT2D eigenvalue weighted by molar-refractivity contribution is 0.568. The van der Waals surface area contributed by atoms with E-state index in [2.05, 4.69) is 413 Å². The molecule has 4 aliphatic rings. The van der Waals surface area contributed by atoms with Crippen molar-refractivity contribution < 1.29 is 0 Å². The number of H-pyrrole nitrogens is 4. The minimum atomic E-state index is -0.112. The van der Waals surface area contributed by atoms with Gasteiger partial charge in [0, 0.05) is 88.6 Å². The number of aryl methyl sites for hydroxylation is 8. The van der Waals surface area contributed by atoms with E-state index in [-0.39, 0.29) is 21.7 Å². The van der Waals surface area contributed by atoms with Crippen LogP contribution < -0.4 is 0 Å². The van der Waals surface area contributed by atoms with Gasteiger partial charge in [-0.05, 0) is 252 Å². The van der Waals surface area contributed by atoms with E-state index in [0.717, 1.165) is 190 Å². The van der Waals surface area contributed by atoms with Gasteiger partial charge >= 0.3 is 0 Å². The first-order chi connectivity index (χ1) is 57.1. The van der Waals surface area contributed by atoms with Crippen LogP contribution in [0.4, 0.5) is 0 Å². The third kappa shape index (κ3) is 15.0. The van der Waals surface area contributed by atoms with Gasteiger partial charge in [-0.1, -0.05) is 285 Å². The van der Waals surface area contributed by atoms with Crippen molar-refractivity contribution in [2.24, 2.45) is 0 Å². The van der Waals surface area contributed by atoms with Gasteiger partial charge in [0.05, 0.1) is 45.6 Å². The zero-order valence-electron chi connectivity index (χ0n) is 73.0. The Labute approximate surface area is 706 Å². The number of rotatable bonds is 9. The number of benzene rings is 8. The molecule has 14 aromatic rings. The van der Waals surface area contributed by atoms with E-state index in [0.29, 0.717) is 0 Å². The Bertz CT molecular complexity index is 6440. The molecule has 0 radical (unpaired) electrons. The van der Waals surface area contributed by atoms with Crippen molar-refractivity contribution in [2.45, 2.75) is 160 Å². The van der Waals surface area contributed by atoms with Gasteiger partial charge in [0.25, 0.3) is 0 Å². The minimum absolute atomic E-state index is 0.112. The van der Waals surface area contributed by atoms with E-state index in [1.54, 1.807) is 0 Å². The van der Waals surface area contributed by atoms with E-state index in [4.69, 9.17) is 19.9 Å². The number of nitrogens with zero attached hydrogens (tertiary/aromatic N) is 4. The van der Waals surface area contributed by atoms with E-state index in [1.165, 1.54) is 66.8 Å². The second kappa shape index (κ2) is 29.5. The highest BCUT2D eigenvalue weighted by Crippen LogP contribution is 2.46. The molecule has 16 bridgehead atoms. The molecule has 0 atom stereocenters. The zero-order chi connectivity index (χ0) is 83.9. The van der Waals surface area contributed by atoms with Crippen molar-refractivity contribution in [3.05, 3.63) is 319 Å². The average Bonchev–Trinajstić information content (AvgIpc) is 1.58. The minimum Gasteiger partial charge on any atom is -0.354 e. The monoisotopic (exact) mass is 1560 g/mol. The molecule has 594 valence electrons. The fourth-order valence-electron chi connectivity index (χ4n) is 18.3. The first kappa shape index (κ1) is 78.2. The number of hydrogen-bond acceptors (Lipinski definition) is 4. The van der Waals surface area contributed by atoms with Crippen LogP contribution in [0.2, 0.25) is 0 Å². The summed E-state index contributed by atoms with van der Waals surface area (Å²) >= 11 is 0. The van der Waals surface area contributed by atoms with Crippen LogP contribution >= 0.6 is 0 Å². The van der Waals surface area contributed by atoms with Crippen LogP contribution in [0.5, 0.6) is 0 Å². The van der Waals surface area contributed by atoms with Crippen LogP contribution in [0.3, 0.4) is 0 Å². The van der Waals surface area contributed by atoms with Crippen LogP contribution in [0, 0.1) is 55.4 Å². The molecule has 0 unspecified atom stereocenters. The van der Waals surface area contributed by atoms with E-state index >= 15 is 0 Å². The predicted octanol–water partition coefficient (Wildman–Crippen LogP) is 30.3. The molecular weight excluding hydrogens is 1460 g/mol. The molecule has 0 fully saturated rings. The molecule has 4 N–H and O–H groups in total. The molecule has 4 aliphatic heterocycles. The fraction of sp³-hybridized carbons (Fsp3) is 0.214. The first-order valence-electron chi connectivity index (χ1n) is 42.4. The molecule has 8 nitrogen and oxygen atoms in total. The molecule has 0 saturated heterocycles. The molecule has 0 saturated carbocycles. The molecule has 0 spiro atoms. The predicted molar refractivity (Wildman–Crippen MR) is 513 cm³/mol. The Hall–Kier alpha value is -13.0. The Morgan fingerprint density at radius 3 is 0.483 bits per heavy atom. The van der Waals surface area contributed by atoms with Gasteiger partial charge < -0.3 is 19.9 Å². The van der Waals surface area contributed by atoms with E-state index < -0.39 is 0 Å². The lowest BCUT2D eigenvalue weighted by Crippen LogP contribution is -2.16. The van der Waals surface area contributed by atoms with Gasteiger partial charge in [-0.25, -0.2) is 19.9 Å². The third-order valence-electron chi connectivity index (χ3n) is 24.1. The lowest BCUT2D eigenvalue weighted by atomic mass is 9.78. The highest BCUT2D eigenvalue weighted by molar-refractivity contribution is 6.04. The number of nitrogens with one attached hydrogen (secondary N) is 4. The SMILES string of the molecule is Cc1cc(C)cc(-c2c3nc(c(-c4cc(C(C)(C)C)cc(C(C)(C)C)c4)c4ccc([nH]4)c(-c4cc(C)cc(C)c4)c4nc(c(-c5ccc(-c6ccc(-c7c8nc(c(-c9cc(C)cc(C)c9)c9ccc([nH]9)c(-c9cc(C(C)(C)C)cc(C(C)(C)C)c9)c9nc(c(-c%10cc(C)cc(C)c%10)c%10ccc7[nH]%10)C=C9)C=C8)cc6)cc5)c5ccc2[nH]5)C=C4)C=C3)c1. The highest BCUT2D eigenvalue weighted by Gasteiger charge is 2.29. The summed E-state index contributed by atoms with van der Waals surface area (Å²) in [4.78, 5) is 39.3. The van der Waals surface area contributed by atoms with E-state index in [9.17, 15) is 0 Å². The largest absolute Gasteiger partial charge is 0.354 e. The Kier molecular flexibility index (Phi) is 19.2. The van der Waals surface area contributed by atoms with Gasteiger partial charge in [0.2, 0.25) is 0 Å². The highest BCUT2D eigenvalue weighted by atomic mass is 14.8. The normalized spacial score (nSPS) is 12.9. The summed E-state index contributed by atoms with van der Waals surface area (Å²) in [5.74, 6) is 0. The van der Waals surface area contributed by atoms with Gasteiger partial charge in [-0.15, -0.1) is 0 Å². The second-order valence-electron chi connectivity index (χ2n) is 38.3. The van der Waals surface area contributed by atoms with Gasteiger partial charge in [0.1, 0.15) is 0 Å². The van der Waals surface area contributed by atoms with Crippen LogP contribution in [-0.2, 0) is 21.7 Å². The Morgan fingerprint density at radius 1 is 0.167 bits per heavy atom. The van der Waals surface area contributed by atoms with Crippen molar-refractivity contribution >= 4 is 92.7 Å². The van der Waals surface area contributed by atoms with E-state index in [1.807, 2.05) is 0 Å². The molecule has 0 aliphatic carbocycles. The quantitative estimate of drug-likeness (QED) is 0.115. The zero-order valence-corrected chi connectivity index (χ0v) is 73.0. The molecule has 8 heteroatoms. The van der Waals surface area contributed by atoms with Crippen LogP contribution in [-0.4, -0.2) is 39.9 Å². The number of aromatic nitrogens is 8. The average molecular weight is 1560 g/mol. The van der Waals surface area contributed by atoms with Crippen molar-refractivity contribution in [1.29, 1.82) is 0 Å². The van der Waals surface area contributed by atoms with Crippen LogP contribution in [0.25, 0.3) is 193 Å². The van der Waals surface area contributed by atoms with Gasteiger partial charge in [-0.3, -0.25) is 0 Å². The summed E-state index contributed by atoms with van der Waals surface area (Å²) in [5, 5.41) is 0. The van der Waals surface area contributed by atoms with Gasteiger partial charge in [-0.2, -0.15) is 0 Å². The molecule has 6 aromatic heterocycles. The van der Waals surface area contributed by atoms with Crippen molar-refractivity contribution in [2.75, 3.05) is 0 Å². The van der Waals surface area contributed by atoms with Crippen LogP contribution in [0.1, 0.15) is 195 Å². The summed E-state index contributed by atoms with van der Waals surface area (Å²) in [5.41, 5.74) is 47.8. The molecule has 0 amide bonds. The molecular formula is C112H106N8. The van der Waals surface area contributed by atoms with Crippen LogP contribution in [0.15, 0.2) is 206 Å². The summed E-state index contributed by atoms with van der Waals surface area (Å²) in [6, 6.07) is 77.7. The fourth-order valence-corrected chi connectivity index (χ4v) is 18.3. The second-order valence-corrected chi connectivity index (χ2v) is 38.3. The maximum Gasteiger partial charge on any atom is 0.0737 e. The smallest absolute Gasteiger partial charge is 0.0737 e. The molecule has 10 heterocycles. The lowest BCUT2D eigenvalue weighted by Gasteiger charge is -2.26. The molecule has 120 heavy (non-hydrogen) atoms. The standard InChI is InChI=1S/C112H106N8/c1-63-45-64(2)50-75(49-63)103-89-33-29-85(113-89)101(86-30-34-90(114-86)104(76-51-65(3)46-66(4)52-76)94-38-42-98(118-94)107(97-41-37-93(103)117-97)79-57-81(109(9,10)11)61-82(58-79)110(12,13)14)73-25-21-71(22-26-73)72-23-27-74(28-24-72)102-87-31-35-91(115-87)105(77-53-67(5)47-68(6)54-77)95-39-43-99(119-95)108(80-59-83(111(15,16)17)62-84(60-80)112(18,19)20)100-44-40-96(120-100)106(92-36-32-88(102)116-92)78-55-69(7)48-70(8)56-78/h21-62,113,115,118,120H,1-20H3. The molecule has 8 aromatic carbocycles. The first-order valence-corrected chi connectivity index (χ1v) is 42.4. The summed E-state index contributed by atoms with van der Waals surface area (Å²) in [6.45, 7) is 45.2. The Balaban J connectivity index is 0.825. The van der Waals surface area contributed by atoms with Crippen molar-refractivity contribution in [1.82, 2.24) is 39.9 Å². The van der Waals surface area contributed by atoms with Crippen molar-refractivity contribution in [3.63, 3.8) is 0 Å². The number of hydrogen-bond donors (Lipinski definition) is 4. The summed E-state index contributed by atoms with van der Waals surface area (Å²) in [6.07, 6.45) is 17.7. The summed E-state index contributed by atoms with van der Waals surface area (Å²) in [7, 11) is 0.